The van der Waals surface area contributed by atoms with Crippen LogP contribution in [-0.2, 0) is 20.1 Å². The second kappa shape index (κ2) is 5.60. The zero-order valence-corrected chi connectivity index (χ0v) is 12.4. The molecule has 0 bridgehead atoms. The number of thiophene rings is 1. The van der Waals surface area contributed by atoms with Gasteiger partial charge in [-0.15, -0.1) is 11.3 Å². The van der Waals surface area contributed by atoms with Crippen LogP contribution in [0.15, 0.2) is 29.9 Å². The van der Waals surface area contributed by atoms with Crippen molar-refractivity contribution in [1.29, 1.82) is 0 Å². The largest absolute Gasteiger partial charge is 0.308 e. The summed E-state index contributed by atoms with van der Waals surface area (Å²) in [6, 6.07) is 4.16. The molecule has 0 aromatic carbocycles. The number of aryl methyl sites for hydroxylation is 2. The molecule has 20 heavy (non-hydrogen) atoms. The van der Waals surface area contributed by atoms with E-state index in [2.05, 4.69) is 44.3 Å². The van der Waals surface area contributed by atoms with Gasteiger partial charge in [-0.1, -0.05) is 6.07 Å². The van der Waals surface area contributed by atoms with Crippen molar-refractivity contribution in [3.8, 4) is 10.6 Å². The lowest BCUT2D eigenvalue weighted by molar-refractivity contribution is 0.691. The van der Waals surface area contributed by atoms with Crippen LogP contribution in [0.5, 0.6) is 0 Å². The monoisotopic (exact) mass is 287 g/mol. The Morgan fingerprint density at radius 1 is 1.35 bits per heavy atom. The summed E-state index contributed by atoms with van der Waals surface area (Å²) in [6.07, 6.45) is 3.94. The molecule has 0 amide bonds. The normalized spacial score (nSPS) is 11.1. The van der Waals surface area contributed by atoms with E-state index in [9.17, 15) is 0 Å². The Hall–Kier alpha value is -1.92. The summed E-state index contributed by atoms with van der Waals surface area (Å²) in [5, 5.41) is 17.1. The number of nitrogens with zero attached hydrogens (tertiary/aromatic N) is 3. The number of aromatic nitrogens is 4. The van der Waals surface area contributed by atoms with E-state index in [1.54, 1.807) is 11.3 Å². The first kappa shape index (κ1) is 13.1. The molecule has 0 aliphatic rings. The number of rotatable bonds is 5. The van der Waals surface area contributed by atoms with Crippen LogP contribution in [0.25, 0.3) is 10.6 Å². The average molecular weight is 287 g/mol. The molecule has 0 spiro atoms. The fourth-order valence-electron chi connectivity index (χ4n) is 2.23. The van der Waals surface area contributed by atoms with Crippen molar-refractivity contribution in [2.24, 2.45) is 7.05 Å². The van der Waals surface area contributed by atoms with Gasteiger partial charge in [0.2, 0.25) is 0 Å². The van der Waals surface area contributed by atoms with Crippen LogP contribution in [0.1, 0.15) is 16.8 Å². The fraction of sp³-hybridized carbons (Fsp3) is 0.286. The molecular formula is C14H17N5S. The van der Waals surface area contributed by atoms with Gasteiger partial charge in [-0.3, -0.25) is 9.78 Å². The highest BCUT2D eigenvalue weighted by Crippen LogP contribution is 2.25. The average Bonchev–Trinajstić information content (AvgIpc) is 3.11. The minimum atomic E-state index is 0.790. The van der Waals surface area contributed by atoms with Crippen molar-refractivity contribution in [1.82, 2.24) is 25.3 Å². The fourth-order valence-corrected chi connectivity index (χ4v) is 2.99. The molecule has 0 atom stereocenters. The molecule has 3 aromatic heterocycles. The van der Waals surface area contributed by atoms with Gasteiger partial charge in [0.1, 0.15) is 0 Å². The molecule has 0 saturated carbocycles. The Morgan fingerprint density at radius 2 is 2.20 bits per heavy atom. The molecule has 0 aliphatic carbocycles. The van der Waals surface area contributed by atoms with Crippen LogP contribution in [0.3, 0.4) is 0 Å². The molecule has 2 N–H and O–H groups in total. The van der Waals surface area contributed by atoms with Crippen LogP contribution >= 0.6 is 11.3 Å². The first-order chi connectivity index (χ1) is 9.74. The smallest absolute Gasteiger partial charge is 0.0794 e. The van der Waals surface area contributed by atoms with E-state index >= 15 is 0 Å². The van der Waals surface area contributed by atoms with Gasteiger partial charge in [0, 0.05) is 37.5 Å². The molecule has 5 nitrogen and oxygen atoms in total. The van der Waals surface area contributed by atoms with Crippen LogP contribution in [-0.4, -0.2) is 20.0 Å². The minimum Gasteiger partial charge on any atom is -0.308 e. The van der Waals surface area contributed by atoms with Crippen molar-refractivity contribution in [3.63, 3.8) is 0 Å². The summed E-state index contributed by atoms with van der Waals surface area (Å²) in [7, 11) is 1.95. The van der Waals surface area contributed by atoms with E-state index in [4.69, 9.17) is 0 Å². The van der Waals surface area contributed by atoms with Crippen molar-refractivity contribution in [2.45, 2.75) is 20.0 Å². The Labute approximate surface area is 121 Å². The SMILES string of the molecule is Cc1nn(C)cc1CNCc1cn[nH]c1-c1cccs1. The highest BCUT2D eigenvalue weighted by Gasteiger charge is 2.09. The molecule has 0 unspecified atom stereocenters. The third kappa shape index (κ3) is 2.66. The van der Waals surface area contributed by atoms with E-state index in [-0.39, 0.29) is 0 Å². The van der Waals surface area contributed by atoms with E-state index in [0.29, 0.717) is 0 Å². The number of nitrogens with one attached hydrogen (secondary N) is 2. The molecule has 0 aliphatic heterocycles. The lowest BCUT2D eigenvalue weighted by Gasteiger charge is -2.04. The van der Waals surface area contributed by atoms with Crippen LogP contribution in [0.4, 0.5) is 0 Å². The topological polar surface area (TPSA) is 58.5 Å². The third-order valence-corrected chi connectivity index (χ3v) is 4.12. The molecule has 3 rings (SSSR count). The van der Waals surface area contributed by atoms with Gasteiger partial charge in [-0.2, -0.15) is 10.2 Å². The quantitative estimate of drug-likeness (QED) is 0.758. The first-order valence-electron chi connectivity index (χ1n) is 6.50. The Kier molecular flexibility index (Phi) is 3.66. The van der Waals surface area contributed by atoms with Gasteiger partial charge in [-0.25, -0.2) is 0 Å². The maximum Gasteiger partial charge on any atom is 0.0794 e. The number of hydrogen-bond donors (Lipinski definition) is 2. The van der Waals surface area contributed by atoms with Gasteiger partial charge < -0.3 is 5.32 Å². The lowest BCUT2D eigenvalue weighted by Crippen LogP contribution is -2.13. The number of aromatic amines is 1. The minimum absolute atomic E-state index is 0.790. The van der Waals surface area contributed by atoms with Gasteiger partial charge in [0.05, 0.1) is 22.5 Å². The van der Waals surface area contributed by atoms with Crippen molar-refractivity contribution >= 4 is 11.3 Å². The van der Waals surface area contributed by atoms with Gasteiger partial charge in [-0.05, 0) is 18.4 Å². The highest BCUT2D eigenvalue weighted by molar-refractivity contribution is 7.13. The molecule has 104 valence electrons. The predicted octanol–water partition coefficient (Wildman–Crippen LogP) is 2.47. The molecular weight excluding hydrogens is 270 g/mol. The maximum atomic E-state index is 4.34. The summed E-state index contributed by atoms with van der Waals surface area (Å²) in [5.41, 5.74) is 4.60. The predicted molar refractivity (Wildman–Crippen MR) is 80.4 cm³/mol. The van der Waals surface area contributed by atoms with E-state index < -0.39 is 0 Å². The van der Waals surface area contributed by atoms with Gasteiger partial charge in [0.25, 0.3) is 0 Å². The van der Waals surface area contributed by atoms with Crippen LogP contribution in [0, 0.1) is 6.92 Å². The molecule has 0 radical (unpaired) electrons. The Morgan fingerprint density at radius 3 is 2.90 bits per heavy atom. The van der Waals surface area contributed by atoms with E-state index in [0.717, 1.165) is 24.5 Å². The molecule has 0 fully saturated rings. The highest BCUT2D eigenvalue weighted by atomic mass is 32.1. The number of H-pyrrole nitrogens is 1. The van der Waals surface area contributed by atoms with E-state index in [1.165, 1.54) is 16.0 Å². The van der Waals surface area contributed by atoms with Crippen LogP contribution in [0.2, 0.25) is 0 Å². The Balaban J connectivity index is 1.65. The zero-order valence-electron chi connectivity index (χ0n) is 11.6. The summed E-state index contributed by atoms with van der Waals surface area (Å²) >= 11 is 1.72. The van der Waals surface area contributed by atoms with Crippen molar-refractivity contribution < 1.29 is 0 Å². The summed E-state index contributed by atoms with van der Waals surface area (Å²) < 4.78 is 1.85. The Bertz CT molecular complexity index is 680. The summed E-state index contributed by atoms with van der Waals surface area (Å²) in [6.45, 7) is 3.64. The van der Waals surface area contributed by atoms with Crippen molar-refractivity contribution in [2.75, 3.05) is 0 Å². The summed E-state index contributed by atoms with van der Waals surface area (Å²) in [4.78, 5) is 1.22. The van der Waals surface area contributed by atoms with Gasteiger partial charge in [0.15, 0.2) is 0 Å². The standard InChI is InChI=1S/C14H17N5S/c1-10-12(9-19(2)18-10)7-15-6-11-8-16-17-14(11)13-4-3-5-20-13/h3-5,8-9,15H,6-7H2,1-2H3,(H,16,17). The second-order valence-corrected chi connectivity index (χ2v) is 5.71. The number of hydrogen-bond acceptors (Lipinski definition) is 4. The molecule has 0 saturated heterocycles. The van der Waals surface area contributed by atoms with Crippen molar-refractivity contribution in [3.05, 3.63) is 46.7 Å². The molecule has 6 heteroatoms. The summed E-state index contributed by atoms with van der Waals surface area (Å²) in [5.74, 6) is 0. The first-order valence-corrected chi connectivity index (χ1v) is 7.38. The molecule has 3 heterocycles. The van der Waals surface area contributed by atoms with Crippen LogP contribution < -0.4 is 5.32 Å². The molecule has 3 aromatic rings. The van der Waals surface area contributed by atoms with Gasteiger partial charge >= 0.3 is 0 Å². The lowest BCUT2D eigenvalue weighted by atomic mass is 10.2. The third-order valence-electron chi connectivity index (χ3n) is 3.23. The second-order valence-electron chi connectivity index (χ2n) is 4.76. The van der Waals surface area contributed by atoms with E-state index in [1.807, 2.05) is 24.9 Å². The maximum absolute atomic E-state index is 4.34. The zero-order chi connectivity index (χ0) is 13.9.